The van der Waals surface area contributed by atoms with E-state index >= 15 is 0 Å². The topological polar surface area (TPSA) is 3.24 Å². The summed E-state index contributed by atoms with van der Waals surface area (Å²) in [5.74, 6) is 0. The summed E-state index contributed by atoms with van der Waals surface area (Å²) in [4.78, 5) is 3.58. The fourth-order valence-corrected chi connectivity index (χ4v) is 3.60. The van der Waals surface area contributed by atoms with Crippen molar-refractivity contribution >= 4 is 50.9 Å². The lowest BCUT2D eigenvalue weighted by Crippen LogP contribution is -2.28. The quantitative estimate of drug-likeness (QED) is 0.599. The number of benzene rings is 3. The van der Waals surface area contributed by atoms with Gasteiger partial charge in [-0.1, -0.05) is 85.1 Å². The standard InChI is InChI=1S/C18H11NS2/c20-17-14-9-3-4-10-15(14)18(21)19(17)16-11-5-7-12-6-1-2-8-13(12)16/h1-11H. The Morgan fingerprint density at radius 1 is 0.619 bits per heavy atom. The molecule has 0 unspecified atom stereocenters. The molecule has 0 N–H and O–H groups in total. The van der Waals surface area contributed by atoms with Crippen molar-refractivity contribution in [3.63, 3.8) is 0 Å². The fourth-order valence-electron chi connectivity index (χ4n) is 2.81. The van der Waals surface area contributed by atoms with Crippen molar-refractivity contribution in [1.29, 1.82) is 0 Å². The van der Waals surface area contributed by atoms with Crippen molar-refractivity contribution in [2.24, 2.45) is 0 Å². The summed E-state index contributed by atoms with van der Waals surface area (Å²) in [6.07, 6.45) is 0. The van der Waals surface area contributed by atoms with E-state index in [2.05, 4.69) is 24.3 Å². The fraction of sp³-hybridized carbons (Fsp3) is 0. The van der Waals surface area contributed by atoms with Gasteiger partial charge < -0.3 is 0 Å². The van der Waals surface area contributed by atoms with Crippen molar-refractivity contribution < 1.29 is 0 Å². The molecule has 1 nitrogen and oxygen atoms in total. The summed E-state index contributed by atoms with van der Waals surface area (Å²) < 4.78 is 0. The van der Waals surface area contributed by atoms with Crippen LogP contribution in [0.4, 0.5) is 5.69 Å². The summed E-state index contributed by atoms with van der Waals surface area (Å²) in [6.45, 7) is 0. The van der Waals surface area contributed by atoms with Crippen LogP contribution in [0.15, 0.2) is 66.7 Å². The predicted molar refractivity (Wildman–Crippen MR) is 96.3 cm³/mol. The van der Waals surface area contributed by atoms with Crippen LogP contribution in [0, 0.1) is 0 Å². The van der Waals surface area contributed by atoms with Gasteiger partial charge in [0.1, 0.15) is 9.98 Å². The highest BCUT2D eigenvalue weighted by Gasteiger charge is 2.30. The number of hydrogen-bond donors (Lipinski definition) is 0. The molecule has 0 aromatic heterocycles. The first-order valence-electron chi connectivity index (χ1n) is 6.73. The lowest BCUT2D eigenvalue weighted by atomic mass is 10.1. The number of thiocarbonyl (C=S) groups is 2. The third-order valence-electron chi connectivity index (χ3n) is 3.80. The molecule has 0 aliphatic carbocycles. The SMILES string of the molecule is S=C1c2ccccc2C(=S)N1c1cccc2ccccc12. The molecule has 3 aromatic carbocycles. The van der Waals surface area contributed by atoms with Crippen LogP contribution in [-0.2, 0) is 0 Å². The molecular formula is C18H11NS2. The number of anilines is 1. The monoisotopic (exact) mass is 305 g/mol. The van der Waals surface area contributed by atoms with E-state index in [9.17, 15) is 0 Å². The minimum Gasteiger partial charge on any atom is -0.290 e. The van der Waals surface area contributed by atoms with Gasteiger partial charge in [0.2, 0.25) is 0 Å². The van der Waals surface area contributed by atoms with Gasteiger partial charge in [-0.25, -0.2) is 0 Å². The van der Waals surface area contributed by atoms with Crippen LogP contribution >= 0.6 is 24.4 Å². The molecule has 0 spiro atoms. The second-order valence-corrected chi connectivity index (χ2v) is 5.76. The molecule has 0 saturated carbocycles. The zero-order chi connectivity index (χ0) is 14.4. The Bertz CT molecular complexity index is 858. The average molecular weight is 305 g/mol. The molecule has 0 amide bonds. The molecule has 0 fully saturated rings. The molecule has 1 aliphatic rings. The highest BCUT2D eigenvalue weighted by atomic mass is 32.1. The third kappa shape index (κ3) is 1.82. The van der Waals surface area contributed by atoms with Crippen molar-refractivity contribution in [1.82, 2.24) is 0 Å². The molecule has 4 rings (SSSR count). The van der Waals surface area contributed by atoms with Gasteiger partial charge in [0.15, 0.2) is 0 Å². The molecular weight excluding hydrogens is 294 g/mol. The van der Waals surface area contributed by atoms with Crippen LogP contribution < -0.4 is 4.90 Å². The molecule has 0 saturated heterocycles. The molecule has 0 atom stereocenters. The smallest absolute Gasteiger partial charge is 0.119 e. The minimum absolute atomic E-state index is 0.784. The maximum Gasteiger partial charge on any atom is 0.119 e. The Morgan fingerprint density at radius 2 is 1.19 bits per heavy atom. The Hall–Kier alpha value is -2.10. The predicted octanol–water partition coefficient (Wildman–Crippen LogP) is 4.71. The van der Waals surface area contributed by atoms with E-state index in [-0.39, 0.29) is 0 Å². The summed E-state index contributed by atoms with van der Waals surface area (Å²) in [5.41, 5.74) is 3.15. The summed E-state index contributed by atoms with van der Waals surface area (Å²) in [6, 6.07) is 22.6. The average Bonchev–Trinajstić information content (AvgIpc) is 2.79. The molecule has 3 heteroatoms. The molecule has 100 valence electrons. The highest BCUT2D eigenvalue weighted by Crippen LogP contribution is 2.34. The first kappa shape index (κ1) is 12.6. The van der Waals surface area contributed by atoms with Gasteiger partial charge in [0.05, 0.1) is 5.69 Å². The Balaban J connectivity index is 1.95. The number of nitrogens with zero attached hydrogens (tertiary/aromatic N) is 1. The largest absolute Gasteiger partial charge is 0.290 e. The first-order chi connectivity index (χ1) is 10.3. The third-order valence-corrected chi connectivity index (χ3v) is 4.61. The Kier molecular flexibility index (Phi) is 2.84. The van der Waals surface area contributed by atoms with Crippen molar-refractivity contribution in [2.75, 3.05) is 4.90 Å². The van der Waals surface area contributed by atoms with E-state index in [4.69, 9.17) is 24.4 Å². The highest BCUT2D eigenvalue weighted by molar-refractivity contribution is 7.83. The van der Waals surface area contributed by atoms with Gasteiger partial charge in [0.25, 0.3) is 0 Å². The van der Waals surface area contributed by atoms with Gasteiger partial charge in [0, 0.05) is 16.5 Å². The lowest BCUT2D eigenvalue weighted by Gasteiger charge is -2.20. The Morgan fingerprint density at radius 3 is 1.90 bits per heavy atom. The van der Waals surface area contributed by atoms with Crippen molar-refractivity contribution in [3.05, 3.63) is 77.9 Å². The van der Waals surface area contributed by atoms with E-state index in [0.717, 1.165) is 32.2 Å². The van der Waals surface area contributed by atoms with Gasteiger partial charge in [-0.2, -0.15) is 0 Å². The Labute approximate surface area is 133 Å². The van der Waals surface area contributed by atoms with Crippen LogP contribution in [0.25, 0.3) is 10.8 Å². The van der Waals surface area contributed by atoms with Crippen molar-refractivity contribution in [3.8, 4) is 0 Å². The normalized spacial score (nSPS) is 13.8. The number of rotatable bonds is 1. The van der Waals surface area contributed by atoms with Gasteiger partial charge >= 0.3 is 0 Å². The molecule has 1 aliphatic heterocycles. The maximum atomic E-state index is 5.66. The lowest BCUT2D eigenvalue weighted by molar-refractivity contribution is 1.53. The van der Waals surface area contributed by atoms with E-state index in [1.165, 1.54) is 5.39 Å². The zero-order valence-corrected chi connectivity index (χ0v) is 12.7. The van der Waals surface area contributed by atoms with Crippen LogP contribution in [0.3, 0.4) is 0 Å². The van der Waals surface area contributed by atoms with E-state index in [1.807, 2.05) is 47.4 Å². The first-order valence-corrected chi connectivity index (χ1v) is 7.54. The number of hydrogen-bond acceptors (Lipinski definition) is 2. The zero-order valence-electron chi connectivity index (χ0n) is 11.1. The van der Waals surface area contributed by atoms with Gasteiger partial charge in [-0.15, -0.1) is 0 Å². The van der Waals surface area contributed by atoms with E-state index in [0.29, 0.717) is 0 Å². The molecule has 0 radical (unpaired) electrons. The van der Waals surface area contributed by atoms with Crippen LogP contribution in [-0.4, -0.2) is 9.98 Å². The minimum atomic E-state index is 0.784. The van der Waals surface area contributed by atoms with Gasteiger partial charge in [-0.05, 0) is 11.5 Å². The van der Waals surface area contributed by atoms with E-state index < -0.39 is 0 Å². The molecule has 3 aromatic rings. The summed E-state index contributed by atoms with van der Waals surface area (Å²) in [7, 11) is 0. The number of fused-ring (bicyclic) bond motifs is 2. The summed E-state index contributed by atoms with van der Waals surface area (Å²) >= 11 is 11.3. The second kappa shape index (κ2) is 4.72. The van der Waals surface area contributed by atoms with E-state index in [1.54, 1.807) is 0 Å². The van der Waals surface area contributed by atoms with Gasteiger partial charge in [-0.3, -0.25) is 4.90 Å². The molecule has 0 bridgehead atoms. The maximum absolute atomic E-state index is 5.66. The second-order valence-electron chi connectivity index (χ2n) is 4.99. The van der Waals surface area contributed by atoms with Crippen LogP contribution in [0.2, 0.25) is 0 Å². The van der Waals surface area contributed by atoms with Crippen LogP contribution in [0.5, 0.6) is 0 Å². The molecule has 1 heterocycles. The molecule has 21 heavy (non-hydrogen) atoms. The summed E-state index contributed by atoms with van der Waals surface area (Å²) in [5, 5.41) is 2.36. The van der Waals surface area contributed by atoms with Crippen molar-refractivity contribution in [2.45, 2.75) is 0 Å². The van der Waals surface area contributed by atoms with Crippen LogP contribution in [0.1, 0.15) is 11.1 Å².